The predicted octanol–water partition coefficient (Wildman–Crippen LogP) is 6.14. The average molecular weight is 665 g/mol. The lowest BCUT2D eigenvalue weighted by molar-refractivity contribution is -0.143. The largest absolute Gasteiger partial charge is 0.416 e. The molecule has 36 heavy (non-hydrogen) atoms. The third-order valence-corrected chi connectivity index (χ3v) is 5.83. The van der Waals surface area contributed by atoms with Crippen LogP contribution >= 0.6 is 45.8 Å². The van der Waals surface area contributed by atoms with Crippen LogP contribution in [-0.2, 0) is 12.4 Å². The molecule has 0 bridgehead atoms. The molecule has 0 saturated carbocycles. The average Bonchev–Trinajstić information content (AvgIpc) is 2.77. The molecule has 16 heteroatoms. The van der Waals surface area contributed by atoms with Crippen molar-refractivity contribution < 1.29 is 35.9 Å². The fourth-order valence-electron chi connectivity index (χ4n) is 2.78. The molecule has 0 radical (unpaired) electrons. The first kappa shape index (κ1) is 27.7. The zero-order chi connectivity index (χ0) is 27.0. The van der Waals surface area contributed by atoms with Crippen molar-refractivity contribution in [1.82, 2.24) is 15.1 Å². The minimum Gasteiger partial charge on any atom is -0.304 e. The van der Waals surface area contributed by atoms with Gasteiger partial charge in [-0.25, -0.2) is 4.79 Å². The van der Waals surface area contributed by atoms with Gasteiger partial charge in [0.1, 0.15) is 14.4 Å². The van der Waals surface area contributed by atoms with Crippen LogP contribution in [0.3, 0.4) is 0 Å². The molecule has 0 atom stereocenters. The number of hydrogen-bond donors (Lipinski definition) is 2. The van der Waals surface area contributed by atoms with Gasteiger partial charge in [-0.15, -0.1) is 0 Å². The molecule has 0 saturated heterocycles. The number of anilines is 1. The Hall–Kier alpha value is -2.85. The van der Waals surface area contributed by atoms with Crippen LogP contribution in [0.4, 0.5) is 36.8 Å². The van der Waals surface area contributed by atoms with Crippen LogP contribution < -0.4 is 16.2 Å². The molecule has 3 rings (SSSR count). The van der Waals surface area contributed by atoms with Gasteiger partial charge in [0.15, 0.2) is 0 Å². The van der Waals surface area contributed by atoms with E-state index in [4.69, 9.17) is 23.2 Å². The van der Waals surface area contributed by atoms with Gasteiger partial charge in [-0.3, -0.25) is 14.9 Å². The molecule has 190 valence electrons. The molecule has 0 aliphatic heterocycles. The lowest BCUT2D eigenvalue weighted by Gasteiger charge is -2.16. The first-order valence-electron chi connectivity index (χ1n) is 9.24. The van der Waals surface area contributed by atoms with Crippen LogP contribution in [0.25, 0.3) is 5.69 Å². The van der Waals surface area contributed by atoms with Gasteiger partial charge in [-0.1, -0.05) is 35.3 Å². The number of halogens is 9. The molecular formula is C20H9Cl2F6IN4O3. The fraction of sp³-hybridized carbons (Fsp3) is 0.100. The van der Waals surface area contributed by atoms with Crippen molar-refractivity contribution in [2.75, 3.05) is 5.32 Å². The SMILES string of the molecule is O=C(NC(=O)c1ccccc1Cl)Nc1c(I)nn(-c2cc(C(F)(F)F)cc(C(F)(F)F)c2)c(=O)c1Cl. The maximum absolute atomic E-state index is 13.2. The summed E-state index contributed by atoms with van der Waals surface area (Å²) >= 11 is 13.3. The zero-order valence-electron chi connectivity index (χ0n) is 17.1. The van der Waals surface area contributed by atoms with Gasteiger partial charge >= 0.3 is 18.4 Å². The Bertz CT molecular complexity index is 1390. The lowest BCUT2D eigenvalue weighted by atomic mass is 10.1. The number of urea groups is 1. The highest BCUT2D eigenvalue weighted by Gasteiger charge is 2.37. The zero-order valence-corrected chi connectivity index (χ0v) is 20.7. The van der Waals surface area contributed by atoms with Crippen molar-refractivity contribution in [3.8, 4) is 5.69 Å². The number of carbonyl (C=O) groups is 2. The predicted molar refractivity (Wildman–Crippen MR) is 126 cm³/mol. The Kier molecular flexibility index (Phi) is 7.90. The summed E-state index contributed by atoms with van der Waals surface area (Å²) in [6.07, 6.45) is -10.3. The summed E-state index contributed by atoms with van der Waals surface area (Å²) < 4.78 is 79.0. The second-order valence-electron chi connectivity index (χ2n) is 6.85. The minimum atomic E-state index is -5.16. The van der Waals surface area contributed by atoms with E-state index < -0.39 is 57.4 Å². The second-order valence-corrected chi connectivity index (χ2v) is 8.66. The van der Waals surface area contributed by atoms with Gasteiger partial charge < -0.3 is 5.32 Å². The van der Waals surface area contributed by atoms with E-state index >= 15 is 0 Å². The number of amides is 3. The highest BCUT2D eigenvalue weighted by atomic mass is 127. The Labute approximate surface area is 220 Å². The van der Waals surface area contributed by atoms with E-state index in [0.717, 1.165) is 0 Å². The quantitative estimate of drug-likeness (QED) is 0.260. The maximum Gasteiger partial charge on any atom is 0.416 e. The summed E-state index contributed by atoms with van der Waals surface area (Å²) in [4.78, 5) is 37.1. The summed E-state index contributed by atoms with van der Waals surface area (Å²) in [7, 11) is 0. The van der Waals surface area contributed by atoms with Crippen molar-refractivity contribution >= 4 is 63.4 Å². The molecular weight excluding hydrogens is 656 g/mol. The molecule has 2 aromatic carbocycles. The molecule has 0 aliphatic rings. The van der Waals surface area contributed by atoms with Gasteiger partial charge in [0, 0.05) is 0 Å². The second kappa shape index (κ2) is 10.3. The molecule has 0 aliphatic carbocycles. The number of aromatic nitrogens is 2. The molecule has 1 aromatic heterocycles. The van der Waals surface area contributed by atoms with Crippen molar-refractivity contribution in [2.24, 2.45) is 0 Å². The number of nitrogens with one attached hydrogen (secondary N) is 2. The van der Waals surface area contributed by atoms with E-state index in [1.54, 1.807) is 6.07 Å². The van der Waals surface area contributed by atoms with E-state index in [9.17, 15) is 40.7 Å². The maximum atomic E-state index is 13.2. The fourth-order valence-corrected chi connectivity index (χ4v) is 3.99. The summed E-state index contributed by atoms with van der Waals surface area (Å²) in [6, 6.07) is 5.06. The highest BCUT2D eigenvalue weighted by molar-refractivity contribution is 14.1. The Morgan fingerprint density at radius 3 is 2.03 bits per heavy atom. The number of carbonyl (C=O) groups excluding carboxylic acids is 2. The lowest BCUT2D eigenvalue weighted by Crippen LogP contribution is -2.36. The third-order valence-electron chi connectivity index (χ3n) is 4.39. The summed E-state index contributed by atoms with van der Waals surface area (Å²) in [5.41, 5.74) is -6.04. The molecule has 3 aromatic rings. The van der Waals surface area contributed by atoms with Gasteiger partial charge in [-0.2, -0.15) is 36.1 Å². The molecule has 0 fully saturated rings. The van der Waals surface area contributed by atoms with Crippen molar-refractivity contribution in [2.45, 2.75) is 12.4 Å². The van der Waals surface area contributed by atoms with Crippen LogP contribution in [0.2, 0.25) is 10.0 Å². The molecule has 3 amide bonds. The van der Waals surface area contributed by atoms with E-state index in [-0.39, 0.29) is 37.2 Å². The molecule has 0 unspecified atom stereocenters. The summed E-state index contributed by atoms with van der Waals surface area (Å²) in [6.45, 7) is 0. The van der Waals surface area contributed by atoms with Crippen LogP contribution in [0.1, 0.15) is 21.5 Å². The van der Waals surface area contributed by atoms with E-state index in [2.05, 4.69) is 10.4 Å². The van der Waals surface area contributed by atoms with Gasteiger partial charge in [0.05, 0.1) is 27.4 Å². The summed E-state index contributed by atoms with van der Waals surface area (Å²) in [5.74, 6) is -0.908. The number of alkyl halides is 6. The van der Waals surface area contributed by atoms with Gasteiger partial charge in [0.25, 0.3) is 11.5 Å². The topological polar surface area (TPSA) is 93.1 Å². The molecule has 1 heterocycles. The molecule has 7 nitrogen and oxygen atoms in total. The normalized spacial score (nSPS) is 11.8. The van der Waals surface area contributed by atoms with Crippen molar-refractivity contribution in [3.63, 3.8) is 0 Å². The first-order chi connectivity index (χ1) is 16.6. The third kappa shape index (κ3) is 6.10. The minimum absolute atomic E-state index is 0.0407. The van der Waals surface area contributed by atoms with Crippen LogP contribution in [-0.4, -0.2) is 21.7 Å². The van der Waals surface area contributed by atoms with Crippen molar-refractivity contribution in [1.29, 1.82) is 0 Å². The highest BCUT2D eigenvalue weighted by Crippen LogP contribution is 2.37. The number of imide groups is 1. The number of nitrogens with zero attached hydrogens (tertiary/aromatic N) is 2. The Balaban J connectivity index is 1.99. The monoisotopic (exact) mass is 664 g/mol. The number of hydrogen-bond acceptors (Lipinski definition) is 4. The van der Waals surface area contributed by atoms with Gasteiger partial charge in [-0.05, 0) is 52.9 Å². The smallest absolute Gasteiger partial charge is 0.304 e. The van der Waals surface area contributed by atoms with E-state index in [1.165, 1.54) is 40.8 Å². The van der Waals surface area contributed by atoms with Crippen LogP contribution in [0.15, 0.2) is 47.3 Å². The van der Waals surface area contributed by atoms with E-state index in [1.807, 2.05) is 5.32 Å². The van der Waals surface area contributed by atoms with Crippen LogP contribution in [0.5, 0.6) is 0 Å². The summed E-state index contributed by atoms with van der Waals surface area (Å²) in [5, 5.41) is 6.96. The van der Waals surface area contributed by atoms with Crippen LogP contribution in [0, 0.1) is 3.70 Å². The molecule has 2 N–H and O–H groups in total. The Morgan fingerprint density at radius 1 is 0.944 bits per heavy atom. The van der Waals surface area contributed by atoms with Crippen molar-refractivity contribution in [3.05, 3.63) is 83.3 Å². The van der Waals surface area contributed by atoms with Gasteiger partial charge in [0.2, 0.25) is 0 Å². The molecule has 0 spiro atoms. The first-order valence-corrected chi connectivity index (χ1v) is 11.1. The Morgan fingerprint density at radius 2 is 1.50 bits per heavy atom. The number of benzene rings is 2. The van der Waals surface area contributed by atoms with E-state index in [0.29, 0.717) is 0 Å². The number of rotatable bonds is 3. The standard InChI is InChI=1S/C20H9Cl2F6IN4O3/c21-12-4-2-1-3-11(12)16(34)31-18(36)30-14-13(22)17(35)33(32-15(14)29)10-6-8(19(23,24)25)5-9(7-10)20(26,27)28/h1-7H,(H2,30,31,34,36).